The van der Waals surface area contributed by atoms with Crippen LogP contribution in [-0.4, -0.2) is 18.4 Å². The lowest BCUT2D eigenvalue weighted by Crippen LogP contribution is -2.31. The van der Waals surface area contributed by atoms with Gasteiger partial charge in [-0.25, -0.2) is 4.90 Å². The number of carbonyl (C=O) groups excluding carboxylic acids is 2. The minimum atomic E-state index is -0.120. The van der Waals surface area contributed by atoms with Crippen molar-refractivity contribution in [2.75, 3.05) is 11.5 Å². The number of hydrogen-bond donors (Lipinski definition) is 0. The Morgan fingerprint density at radius 3 is 2.30 bits per heavy atom. The first-order chi connectivity index (χ1) is 9.74. The average Bonchev–Trinajstić information content (AvgIpc) is 2.73. The molecule has 2 fully saturated rings. The van der Waals surface area contributed by atoms with Gasteiger partial charge in [-0.15, -0.1) is 0 Å². The highest BCUT2D eigenvalue weighted by molar-refractivity contribution is 6.22. The largest absolute Gasteiger partial charge is 0.492 e. The minimum absolute atomic E-state index is 0.0492. The summed E-state index contributed by atoms with van der Waals surface area (Å²) in [5.41, 5.74) is 0.596. The quantitative estimate of drug-likeness (QED) is 0.796. The van der Waals surface area contributed by atoms with Crippen LogP contribution in [-0.2, 0) is 9.59 Å². The predicted molar refractivity (Wildman–Crippen MR) is 75.6 cm³/mol. The first-order valence-corrected chi connectivity index (χ1v) is 7.33. The van der Waals surface area contributed by atoms with Crippen molar-refractivity contribution in [2.45, 2.75) is 32.6 Å². The lowest BCUT2D eigenvalue weighted by Gasteiger charge is -2.19. The van der Waals surface area contributed by atoms with Crippen LogP contribution in [0.15, 0.2) is 24.3 Å². The zero-order valence-corrected chi connectivity index (χ0v) is 11.7. The molecule has 1 aromatic carbocycles. The second kappa shape index (κ2) is 5.27. The highest BCUT2D eigenvalue weighted by Crippen LogP contribution is 2.42. The van der Waals surface area contributed by atoms with Crippen LogP contribution in [0, 0.1) is 11.8 Å². The topological polar surface area (TPSA) is 46.6 Å². The number of ether oxygens (including phenoxy) is 1. The molecule has 0 bridgehead atoms. The molecule has 0 unspecified atom stereocenters. The van der Waals surface area contributed by atoms with Gasteiger partial charge in [0.2, 0.25) is 11.8 Å². The van der Waals surface area contributed by atoms with Gasteiger partial charge in [0.05, 0.1) is 24.1 Å². The third-order valence-corrected chi connectivity index (χ3v) is 4.25. The molecule has 1 aromatic rings. The molecule has 1 saturated heterocycles. The highest BCUT2D eigenvalue weighted by Gasteiger charge is 2.49. The minimum Gasteiger partial charge on any atom is -0.492 e. The number of benzene rings is 1. The van der Waals surface area contributed by atoms with E-state index in [2.05, 4.69) is 0 Å². The van der Waals surface area contributed by atoms with E-state index in [1.54, 1.807) is 12.1 Å². The van der Waals surface area contributed by atoms with E-state index >= 15 is 0 Å². The van der Waals surface area contributed by atoms with Crippen molar-refractivity contribution in [1.29, 1.82) is 0 Å². The first-order valence-electron chi connectivity index (χ1n) is 7.33. The van der Waals surface area contributed by atoms with Gasteiger partial charge in [0.1, 0.15) is 5.75 Å². The van der Waals surface area contributed by atoms with E-state index in [1.807, 2.05) is 19.1 Å². The molecule has 0 N–H and O–H groups in total. The van der Waals surface area contributed by atoms with Gasteiger partial charge in [-0.05, 0) is 31.9 Å². The number of amides is 2. The molecule has 106 valence electrons. The standard InChI is InChI=1S/C16H19NO3/c1-2-20-14-10-6-5-9-13(14)17-15(18)11-7-3-4-8-12(11)16(17)19/h5-6,9-12H,2-4,7-8H2,1H3/t11-,12-/m1/s1. The number of rotatable bonds is 3. The van der Waals surface area contributed by atoms with E-state index in [0.29, 0.717) is 18.0 Å². The summed E-state index contributed by atoms with van der Waals surface area (Å²) in [4.78, 5) is 26.5. The number of para-hydroxylation sites is 2. The van der Waals surface area contributed by atoms with Crippen LogP contribution in [0.3, 0.4) is 0 Å². The van der Waals surface area contributed by atoms with Crippen molar-refractivity contribution < 1.29 is 14.3 Å². The van der Waals surface area contributed by atoms with Crippen molar-refractivity contribution in [2.24, 2.45) is 11.8 Å². The zero-order valence-electron chi connectivity index (χ0n) is 11.7. The van der Waals surface area contributed by atoms with Crippen LogP contribution >= 0.6 is 0 Å². The Morgan fingerprint density at radius 2 is 1.70 bits per heavy atom. The van der Waals surface area contributed by atoms with Crippen molar-refractivity contribution >= 4 is 17.5 Å². The van der Waals surface area contributed by atoms with Gasteiger partial charge in [0.15, 0.2) is 0 Å². The van der Waals surface area contributed by atoms with Crippen LogP contribution in [0.5, 0.6) is 5.75 Å². The third-order valence-electron chi connectivity index (χ3n) is 4.25. The number of imide groups is 1. The molecular formula is C16H19NO3. The highest BCUT2D eigenvalue weighted by atomic mass is 16.5. The molecule has 2 amide bonds. The van der Waals surface area contributed by atoms with E-state index in [0.717, 1.165) is 25.7 Å². The van der Waals surface area contributed by atoms with E-state index in [4.69, 9.17) is 4.74 Å². The summed E-state index contributed by atoms with van der Waals surface area (Å²) in [5.74, 6) is 0.269. The van der Waals surface area contributed by atoms with Crippen molar-refractivity contribution in [3.63, 3.8) is 0 Å². The molecule has 1 aliphatic carbocycles. The van der Waals surface area contributed by atoms with Crippen LogP contribution in [0.4, 0.5) is 5.69 Å². The summed E-state index contributed by atoms with van der Waals surface area (Å²) in [6.07, 6.45) is 3.76. The number of nitrogens with zero attached hydrogens (tertiary/aromatic N) is 1. The molecule has 20 heavy (non-hydrogen) atoms. The first kappa shape index (κ1) is 13.2. The molecule has 0 radical (unpaired) electrons. The van der Waals surface area contributed by atoms with Gasteiger partial charge in [-0.3, -0.25) is 9.59 Å². The van der Waals surface area contributed by atoms with Gasteiger partial charge < -0.3 is 4.74 Å². The molecule has 2 aliphatic rings. The van der Waals surface area contributed by atoms with Gasteiger partial charge >= 0.3 is 0 Å². The summed E-state index contributed by atoms with van der Waals surface area (Å²) in [6, 6.07) is 7.28. The van der Waals surface area contributed by atoms with Gasteiger partial charge in [-0.1, -0.05) is 25.0 Å². The summed E-state index contributed by atoms with van der Waals surface area (Å²) in [7, 11) is 0. The van der Waals surface area contributed by atoms with Crippen molar-refractivity contribution in [1.82, 2.24) is 0 Å². The fourth-order valence-corrected chi connectivity index (χ4v) is 3.32. The van der Waals surface area contributed by atoms with Crippen molar-refractivity contribution in [3.05, 3.63) is 24.3 Å². The lowest BCUT2D eigenvalue weighted by atomic mass is 9.81. The molecule has 0 aromatic heterocycles. The SMILES string of the molecule is CCOc1ccccc1N1C(=O)[C@@H]2CCCC[C@H]2C1=O. The van der Waals surface area contributed by atoms with E-state index in [-0.39, 0.29) is 23.7 Å². The molecule has 3 rings (SSSR count). The van der Waals surface area contributed by atoms with Crippen LogP contribution in [0.1, 0.15) is 32.6 Å². The third kappa shape index (κ3) is 1.99. The van der Waals surface area contributed by atoms with E-state index in [9.17, 15) is 9.59 Å². The Labute approximate surface area is 118 Å². The maximum Gasteiger partial charge on any atom is 0.237 e. The zero-order chi connectivity index (χ0) is 14.1. The van der Waals surface area contributed by atoms with E-state index < -0.39 is 0 Å². The maximum absolute atomic E-state index is 12.6. The number of hydrogen-bond acceptors (Lipinski definition) is 3. The monoisotopic (exact) mass is 273 g/mol. The van der Waals surface area contributed by atoms with Crippen molar-refractivity contribution in [3.8, 4) is 5.75 Å². The smallest absolute Gasteiger partial charge is 0.237 e. The van der Waals surface area contributed by atoms with Gasteiger partial charge in [0.25, 0.3) is 0 Å². The molecule has 2 atom stereocenters. The molecule has 0 spiro atoms. The molecule has 1 saturated carbocycles. The Hall–Kier alpha value is -1.84. The fourth-order valence-electron chi connectivity index (χ4n) is 3.32. The molecule has 1 heterocycles. The molecular weight excluding hydrogens is 254 g/mol. The summed E-state index contributed by atoms with van der Waals surface area (Å²) in [5, 5.41) is 0. The normalized spacial score (nSPS) is 25.8. The summed E-state index contributed by atoms with van der Waals surface area (Å²) >= 11 is 0. The number of anilines is 1. The number of fused-ring (bicyclic) bond motifs is 1. The van der Waals surface area contributed by atoms with Gasteiger partial charge in [-0.2, -0.15) is 0 Å². The predicted octanol–water partition coefficient (Wildman–Crippen LogP) is 2.76. The Morgan fingerprint density at radius 1 is 1.10 bits per heavy atom. The van der Waals surface area contributed by atoms with E-state index in [1.165, 1.54) is 4.90 Å². The van der Waals surface area contributed by atoms with Crippen LogP contribution < -0.4 is 9.64 Å². The fraction of sp³-hybridized carbons (Fsp3) is 0.500. The molecule has 1 aliphatic heterocycles. The van der Waals surface area contributed by atoms with Crippen LogP contribution in [0.2, 0.25) is 0 Å². The van der Waals surface area contributed by atoms with Crippen LogP contribution in [0.25, 0.3) is 0 Å². The Balaban J connectivity index is 1.97. The average molecular weight is 273 g/mol. The van der Waals surface area contributed by atoms with Gasteiger partial charge in [0, 0.05) is 0 Å². The Kier molecular flexibility index (Phi) is 3.47. The number of carbonyl (C=O) groups is 2. The summed E-state index contributed by atoms with van der Waals surface area (Å²) < 4.78 is 5.55. The second-order valence-electron chi connectivity index (χ2n) is 5.41. The lowest BCUT2D eigenvalue weighted by molar-refractivity contribution is -0.122. The second-order valence-corrected chi connectivity index (χ2v) is 5.41. The molecule has 4 nitrogen and oxygen atoms in total. The summed E-state index contributed by atoms with van der Waals surface area (Å²) in [6.45, 7) is 2.41. The molecule has 4 heteroatoms. The Bertz CT molecular complexity index is 516. The maximum atomic E-state index is 12.6.